The molecule has 4 rings (SSSR count). The maximum Gasteiger partial charge on any atom is 0.251 e. The lowest BCUT2D eigenvalue weighted by Gasteiger charge is -2.40. The van der Waals surface area contributed by atoms with Crippen molar-refractivity contribution < 1.29 is 13.2 Å². The van der Waals surface area contributed by atoms with Crippen molar-refractivity contribution in [2.45, 2.75) is 17.7 Å². The van der Waals surface area contributed by atoms with E-state index >= 15 is 0 Å². The fraction of sp³-hybridized carbons (Fsp3) is 0.333. The van der Waals surface area contributed by atoms with E-state index in [1.54, 1.807) is 0 Å². The third-order valence-corrected chi connectivity index (χ3v) is 7.31. The molecule has 1 atom stereocenters. The molecule has 0 N–H and O–H groups in total. The van der Waals surface area contributed by atoms with Gasteiger partial charge < -0.3 is 4.90 Å². The molecule has 1 fully saturated rings. The van der Waals surface area contributed by atoms with E-state index in [0.717, 1.165) is 13.1 Å². The second-order valence-corrected chi connectivity index (χ2v) is 10.3. The summed E-state index contributed by atoms with van der Waals surface area (Å²) in [5, 5.41) is -0.724. The molecule has 0 aliphatic carbocycles. The van der Waals surface area contributed by atoms with Crippen molar-refractivity contribution >= 4 is 22.0 Å². The molecule has 2 aromatic rings. The van der Waals surface area contributed by atoms with E-state index in [1.807, 2.05) is 17.0 Å². The Morgan fingerprint density at radius 2 is 1.48 bits per heavy atom. The van der Waals surface area contributed by atoms with Crippen LogP contribution in [0, 0.1) is 0 Å². The fourth-order valence-electron chi connectivity index (χ4n) is 4.23. The van der Waals surface area contributed by atoms with Gasteiger partial charge in [-0.2, -0.15) is 0 Å². The second kappa shape index (κ2) is 9.16. The first-order valence-electron chi connectivity index (χ1n) is 10.5. The van der Waals surface area contributed by atoms with E-state index in [4.69, 9.17) is 0 Å². The van der Waals surface area contributed by atoms with Gasteiger partial charge >= 0.3 is 0 Å². The fourth-order valence-corrected chi connectivity index (χ4v) is 5.00. The third-order valence-electron chi connectivity index (χ3n) is 5.93. The van der Waals surface area contributed by atoms with Gasteiger partial charge in [0.15, 0.2) is 9.84 Å². The third kappa shape index (κ3) is 4.94. The van der Waals surface area contributed by atoms with Gasteiger partial charge in [0.2, 0.25) is 0 Å². The standard InChI is InChI=1S/C24H27N3O3S/c1-31(29,30)22-16-21(17-25-18-22)24(28)27-14-12-26(13-15-27)23(19-8-4-2-5-9-19)20-10-6-3-7-11-20/h2-11,17-18,22-23H,12-16H2,1H3. The molecule has 162 valence electrons. The number of benzene rings is 2. The zero-order valence-corrected chi connectivity index (χ0v) is 18.4. The number of amides is 1. The number of aliphatic imine (C=N–C) groups is 1. The largest absolute Gasteiger partial charge is 0.336 e. The first kappa shape index (κ1) is 21.5. The smallest absolute Gasteiger partial charge is 0.251 e. The summed E-state index contributed by atoms with van der Waals surface area (Å²) in [6.45, 7) is 2.68. The molecule has 2 heterocycles. The molecule has 1 saturated heterocycles. The average Bonchev–Trinajstić information content (AvgIpc) is 2.80. The molecular formula is C24H27N3O3S. The van der Waals surface area contributed by atoms with Crippen LogP contribution in [0.4, 0.5) is 0 Å². The van der Waals surface area contributed by atoms with Crippen LogP contribution in [0.15, 0.2) is 77.4 Å². The maximum absolute atomic E-state index is 13.0. The van der Waals surface area contributed by atoms with Crippen molar-refractivity contribution in [2.75, 3.05) is 32.4 Å². The van der Waals surface area contributed by atoms with Crippen molar-refractivity contribution in [2.24, 2.45) is 4.99 Å². The predicted octanol–water partition coefficient (Wildman–Crippen LogP) is 2.69. The SMILES string of the molecule is CS(=O)(=O)C1C=NC=C(C(=O)N2CCN(C(c3ccccc3)c3ccccc3)CC2)C1. The molecule has 2 aromatic carbocycles. The van der Waals surface area contributed by atoms with Crippen molar-refractivity contribution in [1.82, 2.24) is 9.80 Å². The van der Waals surface area contributed by atoms with Gasteiger partial charge in [-0.1, -0.05) is 60.7 Å². The van der Waals surface area contributed by atoms with E-state index in [0.29, 0.717) is 18.7 Å². The van der Waals surface area contributed by atoms with Crippen LogP contribution in [0.1, 0.15) is 23.6 Å². The molecule has 0 aromatic heterocycles. The van der Waals surface area contributed by atoms with Gasteiger partial charge in [-0.05, 0) is 11.1 Å². The molecule has 2 aliphatic rings. The highest BCUT2D eigenvalue weighted by Crippen LogP contribution is 2.30. The predicted molar refractivity (Wildman–Crippen MR) is 123 cm³/mol. The van der Waals surface area contributed by atoms with Gasteiger partial charge in [-0.15, -0.1) is 0 Å². The lowest BCUT2D eigenvalue weighted by molar-refractivity contribution is -0.129. The lowest BCUT2D eigenvalue weighted by Crippen LogP contribution is -2.50. The molecule has 2 aliphatic heterocycles. The maximum atomic E-state index is 13.0. The molecule has 0 saturated carbocycles. The Bertz CT molecular complexity index is 1030. The monoisotopic (exact) mass is 437 g/mol. The van der Waals surface area contributed by atoms with Gasteiger partial charge in [0.1, 0.15) is 5.25 Å². The Morgan fingerprint density at radius 1 is 0.935 bits per heavy atom. The van der Waals surface area contributed by atoms with Crippen LogP contribution in [-0.2, 0) is 14.6 Å². The summed E-state index contributed by atoms with van der Waals surface area (Å²) in [7, 11) is -3.27. The number of carbonyl (C=O) groups is 1. The highest BCUT2D eigenvalue weighted by molar-refractivity contribution is 7.92. The normalized spacial score (nSPS) is 20.0. The molecule has 7 heteroatoms. The summed E-state index contributed by atoms with van der Waals surface area (Å²) in [4.78, 5) is 21.3. The highest BCUT2D eigenvalue weighted by atomic mass is 32.2. The number of hydrogen-bond acceptors (Lipinski definition) is 5. The summed E-state index contributed by atoms with van der Waals surface area (Å²) in [5.74, 6) is -0.110. The highest BCUT2D eigenvalue weighted by Gasteiger charge is 2.31. The van der Waals surface area contributed by atoms with E-state index < -0.39 is 15.1 Å². The van der Waals surface area contributed by atoms with Crippen LogP contribution in [0.25, 0.3) is 0 Å². The summed E-state index contributed by atoms with van der Waals surface area (Å²) in [5.41, 5.74) is 2.93. The number of sulfone groups is 1. The zero-order valence-electron chi connectivity index (χ0n) is 17.6. The van der Waals surface area contributed by atoms with Crippen molar-refractivity contribution in [3.8, 4) is 0 Å². The molecular weight excluding hydrogens is 410 g/mol. The van der Waals surface area contributed by atoms with Gasteiger partial charge in [0.05, 0.1) is 6.04 Å². The van der Waals surface area contributed by atoms with E-state index in [9.17, 15) is 13.2 Å². The Balaban J connectivity index is 1.46. The minimum absolute atomic E-state index is 0.110. The molecule has 1 amide bonds. The number of hydrogen-bond donors (Lipinski definition) is 0. The first-order chi connectivity index (χ1) is 14.9. The quantitative estimate of drug-likeness (QED) is 0.721. The van der Waals surface area contributed by atoms with Gasteiger partial charge in [-0.25, -0.2) is 8.42 Å². The van der Waals surface area contributed by atoms with Gasteiger partial charge in [-0.3, -0.25) is 14.7 Å². The van der Waals surface area contributed by atoms with Crippen LogP contribution >= 0.6 is 0 Å². The molecule has 0 spiro atoms. The Labute approximate surface area is 183 Å². The van der Waals surface area contributed by atoms with Crippen LogP contribution in [-0.4, -0.2) is 68.0 Å². The summed E-state index contributed by atoms with van der Waals surface area (Å²) in [6.07, 6.45) is 4.29. The summed E-state index contributed by atoms with van der Waals surface area (Å²) < 4.78 is 23.7. The zero-order chi connectivity index (χ0) is 21.8. The Kier molecular flexibility index (Phi) is 6.34. The van der Waals surface area contributed by atoms with Crippen LogP contribution in [0.3, 0.4) is 0 Å². The second-order valence-electron chi connectivity index (χ2n) is 8.08. The number of piperazine rings is 1. The van der Waals surface area contributed by atoms with Crippen molar-refractivity contribution in [1.29, 1.82) is 0 Å². The first-order valence-corrected chi connectivity index (χ1v) is 12.4. The van der Waals surface area contributed by atoms with Crippen molar-refractivity contribution in [3.63, 3.8) is 0 Å². The lowest BCUT2D eigenvalue weighted by atomic mass is 9.96. The number of nitrogens with zero attached hydrogens (tertiary/aromatic N) is 3. The molecule has 0 radical (unpaired) electrons. The number of rotatable bonds is 5. The van der Waals surface area contributed by atoms with Gasteiger partial charge in [0, 0.05) is 56.8 Å². The van der Waals surface area contributed by atoms with Crippen molar-refractivity contribution in [3.05, 3.63) is 83.6 Å². The van der Waals surface area contributed by atoms with E-state index in [-0.39, 0.29) is 18.4 Å². The van der Waals surface area contributed by atoms with Crippen LogP contribution < -0.4 is 0 Å². The van der Waals surface area contributed by atoms with E-state index in [1.165, 1.54) is 29.8 Å². The van der Waals surface area contributed by atoms with Gasteiger partial charge in [0.25, 0.3) is 5.91 Å². The number of carbonyl (C=O) groups excluding carboxylic acids is 1. The summed E-state index contributed by atoms with van der Waals surface area (Å²) in [6, 6.07) is 21.0. The molecule has 0 bridgehead atoms. The van der Waals surface area contributed by atoms with Crippen LogP contribution in [0.2, 0.25) is 0 Å². The Morgan fingerprint density at radius 3 is 2.00 bits per heavy atom. The summed E-state index contributed by atoms with van der Waals surface area (Å²) >= 11 is 0. The molecule has 31 heavy (non-hydrogen) atoms. The topological polar surface area (TPSA) is 70.0 Å². The minimum atomic E-state index is -3.27. The van der Waals surface area contributed by atoms with E-state index in [2.05, 4.69) is 58.4 Å². The molecule has 6 nitrogen and oxygen atoms in total. The van der Waals surface area contributed by atoms with Crippen LogP contribution in [0.5, 0.6) is 0 Å². The average molecular weight is 438 g/mol. The minimum Gasteiger partial charge on any atom is -0.336 e. The molecule has 1 unspecified atom stereocenters. The Hall–Kier alpha value is -2.77.